The molecule has 0 saturated heterocycles. The molecule has 6 heteroatoms. The van der Waals surface area contributed by atoms with Gasteiger partial charge in [0.2, 0.25) is 17.7 Å². The number of rotatable bonds is 6. The summed E-state index contributed by atoms with van der Waals surface area (Å²) in [6.07, 6.45) is 0. The van der Waals surface area contributed by atoms with Gasteiger partial charge >= 0.3 is 0 Å². The van der Waals surface area contributed by atoms with Crippen LogP contribution in [0.1, 0.15) is 32.3 Å². The van der Waals surface area contributed by atoms with Crippen molar-refractivity contribution in [3.05, 3.63) is 29.8 Å². The molecule has 0 aliphatic heterocycles. The molecule has 1 rings (SSSR count). The van der Waals surface area contributed by atoms with Gasteiger partial charge in [0.05, 0.1) is 13.1 Å². The van der Waals surface area contributed by atoms with Crippen molar-refractivity contribution >= 4 is 23.4 Å². The molecule has 0 saturated carbocycles. The molecule has 0 fully saturated rings. The van der Waals surface area contributed by atoms with Crippen molar-refractivity contribution < 1.29 is 14.4 Å². The molecule has 3 N–H and O–H groups in total. The van der Waals surface area contributed by atoms with Gasteiger partial charge in [0.15, 0.2) is 0 Å². The summed E-state index contributed by atoms with van der Waals surface area (Å²) >= 11 is 0. The second-order valence-corrected chi connectivity index (χ2v) is 5.01. The third-order valence-electron chi connectivity index (χ3n) is 2.78. The Morgan fingerprint density at radius 3 is 2.33 bits per heavy atom. The Bertz CT molecular complexity index is 527. The van der Waals surface area contributed by atoms with Gasteiger partial charge in [-0.3, -0.25) is 14.4 Å². The zero-order valence-corrected chi connectivity index (χ0v) is 12.5. The molecule has 0 aromatic heterocycles. The maximum atomic E-state index is 11.7. The Hall–Kier alpha value is -2.37. The number of benzene rings is 1. The van der Waals surface area contributed by atoms with Crippen LogP contribution in [0.4, 0.5) is 5.69 Å². The summed E-state index contributed by atoms with van der Waals surface area (Å²) in [5.74, 6) is -0.636. The summed E-state index contributed by atoms with van der Waals surface area (Å²) in [6, 6.07) is 7.57. The minimum absolute atomic E-state index is 0.133. The lowest BCUT2D eigenvalue weighted by Crippen LogP contribution is -2.39. The molecule has 114 valence electrons. The van der Waals surface area contributed by atoms with E-state index in [1.54, 1.807) is 6.07 Å². The van der Waals surface area contributed by atoms with E-state index in [-0.39, 0.29) is 24.9 Å². The number of carbonyl (C=O) groups excluding carboxylic acids is 3. The summed E-state index contributed by atoms with van der Waals surface area (Å²) in [6.45, 7) is 5.20. The standard InChI is InChI=1S/C15H21N3O3/c1-10(2)12-5-4-6-13(7-12)18-15(21)9-17-14(20)8-16-11(3)19/h4-7,10H,8-9H2,1-3H3,(H,16,19)(H,17,20)(H,18,21). The molecule has 6 nitrogen and oxygen atoms in total. The van der Waals surface area contributed by atoms with Gasteiger partial charge in [0, 0.05) is 12.6 Å². The number of nitrogens with one attached hydrogen (secondary N) is 3. The van der Waals surface area contributed by atoms with Crippen LogP contribution in [0.25, 0.3) is 0 Å². The first-order valence-electron chi connectivity index (χ1n) is 6.79. The summed E-state index contributed by atoms with van der Waals surface area (Å²) in [5.41, 5.74) is 1.82. The predicted octanol–water partition coefficient (Wildman–Crippen LogP) is 1.00. The molecule has 3 amide bonds. The van der Waals surface area contributed by atoms with Crippen LogP contribution in [-0.2, 0) is 14.4 Å². The van der Waals surface area contributed by atoms with E-state index in [2.05, 4.69) is 29.8 Å². The first kappa shape index (κ1) is 16.7. The number of amides is 3. The Morgan fingerprint density at radius 2 is 1.71 bits per heavy atom. The van der Waals surface area contributed by atoms with Crippen molar-refractivity contribution in [3.8, 4) is 0 Å². The van der Waals surface area contributed by atoms with E-state index < -0.39 is 5.91 Å². The van der Waals surface area contributed by atoms with E-state index in [1.165, 1.54) is 6.92 Å². The van der Waals surface area contributed by atoms with Crippen LogP contribution in [0.2, 0.25) is 0 Å². The average Bonchev–Trinajstić information content (AvgIpc) is 2.43. The van der Waals surface area contributed by atoms with E-state index in [4.69, 9.17) is 0 Å². The molecule has 0 aliphatic carbocycles. The molecule has 1 aromatic rings. The van der Waals surface area contributed by atoms with Gasteiger partial charge in [0.25, 0.3) is 0 Å². The Labute approximate surface area is 124 Å². The van der Waals surface area contributed by atoms with Gasteiger partial charge in [-0.15, -0.1) is 0 Å². The molecule has 1 aromatic carbocycles. The number of hydrogen-bond donors (Lipinski definition) is 3. The Morgan fingerprint density at radius 1 is 1.05 bits per heavy atom. The highest BCUT2D eigenvalue weighted by Gasteiger charge is 2.07. The number of anilines is 1. The Balaban J connectivity index is 2.42. The summed E-state index contributed by atoms with van der Waals surface area (Å²) < 4.78 is 0. The maximum absolute atomic E-state index is 11.7. The lowest BCUT2D eigenvalue weighted by molar-refractivity contribution is -0.126. The summed E-state index contributed by atoms with van der Waals surface area (Å²) in [5, 5.41) is 7.50. The van der Waals surface area contributed by atoms with Gasteiger partial charge in [-0.05, 0) is 23.6 Å². The smallest absolute Gasteiger partial charge is 0.243 e. The second kappa shape index (κ2) is 8.04. The first-order chi connectivity index (χ1) is 9.88. The molecular weight excluding hydrogens is 270 g/mol. The van der Waals surface area contributed by atoms with Crippen molar-refractivity contribution in [1.29, 1.82) is 0 Å². The third kappa shape index (κ3) is 6.56. The summed E-state index contributed by atoms with van der Waals surface area (Å²) in [4.78, 5) is 33.7. The second-order valence-electron chi connectivity index (χ2n) is 5.01. The van der Waals surface area contributed by atoms with Crippen LogP contribution in [0.15, 0.2) is 24.3 Å². The maximum Gasteiger partial charge on any atom is 0.243 e. The number of hydrogen-bond acceptors (Lipinski definition) is 3. The fourth-order valence-corrected chi connectivity index (χ4v) is 1.63. The van der Waals surface area contributed by atoms with Gasteiger partial charge < -0.3 is 16.0 Å². The molecule has 0 unspecified atom stereocenters. The van der Waals surface area contributed by atoms with Crippen LogP contribution >= 0.6 is 0 Å². The zero-order valence-electron chi connectivity index (χ0n) is 12.5. The minimum Gasteiger partial charge on any atom is -0.347 e. The first-order valence-corrected chi connectivity index (χ1v) is 6.79. The molecule has 0 bridgehead atoms. The average molecular weight is 291 g/mol. The molecular formula is C15H21N3O3. The van der Waals surface area contributed by atoms with Crippen molar-refractivity contribution in [1.82, 2.24) is 10.6 Å². The highest BCUT2D eigenvalue weighted by atomic mass is 16.2. The van der Waals surface area contributed by atoms with E-state index in [0.717, 1.165) is 5.56 Å². The normalized spacial score (nSPS) is 10.1. The fourth-order valence-electron chi connectivity index (χ4n) is 1.63. The van der Waals surface area contributed by atoms with E-state index in [9.17, 15) is 14.4 Å². The lowest BCUT2D eigenvalue weighted by Gasteiger charge is -2.10. The SMILES string of the molecule is CC(=O)NCC(=O)NCC(=O)Nc1cccc(C(C)C)c1. The molecule has 0 atom stereocenters. The van der Waals surface area contributed by atoms with E-state index in [1.807, 2.05) is 18.2 Å². The monoisotopic (exact) mass is 291 g/mol. The van der Waals surface area contributed by atoms with Gasteiger partial charge in [-0.2, -0.15) is 0 Å². The lowest BCUT2D eigenvalue weighted by atomic mass is 10.0. The highest BCUT2D eigenvalue weighted by molar-refractivity contribution is 5.95. The zero-order chi connectivity index (χ0) is 15.8. The van der Waals surface area contributed by atoms with Crippen LogP contribution in [0.5, 0.6) is 0 Å². The van der Waals surface area contributed by atoms with E-state index >= 15 is 0 Å². The largest absolute Gasteiger partial charge is 0.347 e. The number of carbonyl (C=O) groups is 3. The molecule has 0 aliphatic rings. The molecule has 0 spiro atoms. The van der Waals surface area contributed by atoms with Crippen molar-refractivity contribution in [2.75, 3.05) is 18.4 Å². The van der Waals surface area contributed by atoms with Crippen LogP contribution in [-0.4, -0.2) is 30.8 Å². The predicted molar refractivity (Wildman–Crippen MR) is 80.9 cm³/mol. The third-order valence-corrected chi connectivity index (χ3v) is 2.78. The van der Waals surface area contributed by atoms with Crippen molar-refractivity contribution in [2.24, 2.45) is 0 Å². The quantitative estimate of drug-likeness (QED) is 0.730. The minimum atomic E-state index is -0.406. The van der Waals surface area contributed by atoms with Crippen molar-refractivity contribution in [2.45, 2.75) is 26.7 Å². The molecule has 0 radical (unpaired) electrons. The topological polar surface area (TPSA) is 87.3 Å². The van der Waals surface area contributed by atoms with Crippen molar-refractivity contribution in [3.63, 3.8) is 0 Å². The Kier molecular flexibility index (Phi) is 6.39. The van der Waals surface area contributed by atoms with Crippen LogP contribution in [0, 0.1) is 0 Å². The molecule has 0 heterocycles. The van der Waals surface area contributed by atoms with Gasteiger partial charge in [-0.1, -0.05) is 26.0 Å². The van der Waals surface area contributed by atoms with Crippen LogP contribution < -0.4 is 16.0 Å². The van der Waals surface area contributed by atoms with Gasteiger partial charge in [0.1, 0.15) is 0 Å². The summed E-state index contributed by atoms with van der Waals surface area (Å²) in [7, 11) is 0. The fraction of sp³-hybridized carbons (Fsp3) is 0.400. The highest BCUT2D eigenvalue weighted by Crippen LogP contribution is 2.18. The van der Waals surface area contributed by atoms with Crippen LogP contribution in [0.3, 0.4) is 0 Å². The molecule has 21 heavy (non-hydrogen) atoms. The van der Waals surface area contributed by atoms with Gasteiger partial charge in [-0.25, -0.2) is 0 Å². The van der Waals surface area contributed by atoms with E-state index in [0.29, 0.717) is 11.6 Å².